The molecule has 0 aliphatic carbocycles. The molecular formula is C13H12F2N2O3S. The van der Waals surface area contributed by atoms with Gasteiger partial charge in [0.15, 0.2) is 5.71 Å². The lowest BCUT2D eigenvalue weighted by atomic mass is 10.1. The second-order valence-electron chi connectivity index (χ2n) is 4.49. The average molecular weight is 314 g/mol. The third-order valence-corrected chi connectivity index (χ3v) is 4.24. The second kappa shape index (κ2) is 5.90. The molecular weight excluding hydrogens is 302 g/mol. The minimum Gasteiger partial charge on any atom is -0.378 e. The van der Waals surface area contributed by atoms with Crippen LogP contribution in [0.25, 0.3) is 6.08 Å². The van der Waals surface area contributed by atoms with Crippen molar-refractivity contribution in [2.45, 2.75) is 6.43 Å². The van der Waals surface area contributed by atoms with Crippen LogP contribution in [-0.4, -0.2) is 44.4 Å². The van der Waals surface area contributed by atoms with Gasteiger partial charge >= 0.3 is 5.97 Å². The van der Waals surface area contributed by atoms with Crippen LogP contribution in [0.2, 0.25) is 0 Å². The van der Waals surface area contributed by atoms with Crippen molar-refractivity contribution in [2.75, 3.05) is 31.2 Å². The van der Waals surface area contributed by atoms with Gasteiger partial charge in [-0.3, -0.25) is 0 Å². The van der Waals surface area contributed by atoms with Gasteiger partial charge in [0.05, 0.1) is 23.8 Å². The smallest absolute Gasteiger partial charge is 0.367 e. The number of thiophene rings is 1. The van der Waals surface area contributed by atoms with Gasteiger partial charge < -0.3 is 14.5 Å². The number of carbonyl (C=O) groups is 1. The zero-order chi connectivity index (χ0) is 14.8. The summed E-state index contributed by atoms with van der Waals surface area (Å²) in [5.74, 6) is -0.841. The number of anilines is 1. The summed E-state index contributed by atoms with van der Waals surface area (Å²) >= 11 is 1.43. The molecule has 2 aliphatic rings. The largest absolute Gasteiger partial charge is 0.378 e. The molecule has 0 saturated carbocycles. The van der Waals surface area contributed by atoms with Gasteiger partial charge in [-0.2, -0.15) is 0 Å². The number of ether oxygens (including phenoxy) is 1. The number of nitrogens with zero attached hydrogens (tertiary/aromatic N) is 2. The molecule has 0 spiro atoms. The standard InChI is InChI=1S/C13H12F2N2O3S/c14-12(15)11-9(13(18)20-16-11)7-8-1-2-10(21-8)17-3-5-19-6-4-17/h1-2,7,12H,3-6H2/b9-7-. The van der Waals surface area contributed by atoms with Gasteiger partial charge in [-0.1, -0.05) is 5.16 Å². The van der Waals surface area contributed by atoms with E-state index in [1.165, 1.54) is 17.4 Å². The van der Waals surface area contributed by atoms with Crippen molar-refractivity contribution in [3.63, 3.8) is 0 Å². The lowest BCUT2D eigenvalue weighted by Crippen LogP contribution is -2.35. The van der Waals surface area contributed by atoms with E-state index in [2.05, 4.69) is 14.9 Å². The molecule has 1 fully saturated rings. The number of hydrogen-bond acceptors (Lipinski definition) is 6. The van der Waals surface area contributed by atoms with E-state index in [1.54, 1.807) is 6.07 Å². The molecule has 3 rings (SSSR count). The normalized spacial score (nSPS) is 21.1. The highest BCUT2D eigenvalue weighted by Crippen LogP contribution is 2.29. The van der Waals surface area contributed by atoms with Crippen LogP contribution in [0.1, 0.15) is 4.88 Å². The Kier molecular flexibility index (Phi) is 3.98. The monoisotopic (exact) mass is 314 g/mol. The summed E-state index contributed by atoms with van der Waals surface area (Å²) < 4.78 is 30.8. The maximum atomic E-state index is 12.7. The first kappa shape index (κ1) is 14.2. The maximum Gasteiger partial charge on any atom is 0.367 e. The van der Waals surface area contributed by atoms with E-state index in [4.69, 9.17) is 4.74 Å². The Morgan fingerprint density at radius 3 is 2.81 bits per heavy atom. The Labute approximate surface area is 123 Å². The quantitative estimate of drug-likeness (QED) is 0.634. The molecule has 112 valence electrons. The second-order valence-corrected chi connectivity index (χ2v) is 5.58. The first-order valence-electron chi connectivity index (χ1n) is 6.37. The SMILES string of the molecule is O=C1ON=C(C(F)F)/C1=C/c1ccc(N2CCOCC2)s1. The van der Waals surface area contributed by atoms with Crippen LogP contribution < -0.4 is 4.90 Å². The molecule has 1 saturated heterocycles. The van der Waals surface area contributed by atoms with Crippen molar-refractivity contribution in [1.82, 2.24) is 0 Å². The van der Waals surface area contributed by atoms with E-state index >= 15 is 0 Å². The summed E-state index contributed by atoms with van der Waals surface area (Å²) in [7, 11) is 0. The van der Waals surface area contributed by atoms with Crippen molar-refractivity contribution in [3.05, 3.63) is 22.6 Å². The van der Waals surface area contributed by atoms with Crippen LogP contribution >= 0.6 is 11.3 Å². The predicted octanol–water partition coefficient (Wildman–Crippen LogP) is 2.15. The van der Waals surface area contributed by atoms with Gasteiger partial charge in [-0.15, -0.1) is 11.3 Å². The predicted molar refractivity (Wildman–Crippen MR) is 74.9 cm³/mol. The van der Waals surface area contributed by atoms with Gasteiger partial charge in [0.1, 0.15) is 0 Å². The lowest BCUT2D eigenvalue weighted by Gasteiger charge is -2.27. The number of oxime groups is 1. The van der Waals surface area contributed by atoms with Crippen LogP contribution in [0.4, 0.5) is 13.8 Å². The van der Waals surface area contributed by atoms with E-state index < -0.39 is 18.1 Å². The zero-order valence-corrected chi connectivity index (χ0v) is 11.7. The summed E-state index contributed by atoms with van der Waals surface area (Å²) in [6.07, 6.45) is -1.43. The number of morpholine rings is 1. The lowest BCUT2D eigenvalue weighted by molar-refractivity contribution is -0.136. The molecule has 0 unspecified atom stereocenters. The van der Waals surface area contributed by atoms with Gasteiger partial charge in [-0.25, -0.2) is 13.6 Å². The van der Waals surface area contributed by atoms with Crippen LogP contribution in [-0.2, 0) is 14.4 Å². The Hall–Kier alpha value is -1.80. The molecule has 3 heterocycles. The van der Waals surface area contributed by atoms with Crippen molar-refractivity contribution in [1.29, 1.82) is 0 Å². The van der Waals surface area contributed by atoms with Crippen molar-refractivity contribution in [2.24, 2.45) is 5.16 Å². The number of alkyl halides is 2. The van der Waals surface area contributed by atoms with Gasteiger partial charge in [0, 0.05) is 18.0 Å². The first-order chi connectivity index (χ1) is 10.1. The van der Waals surface area contributed by atoms with Crippen LogP contribution in [0.3, 0.4) is 0 Å². The van der Waals surface area contributed by atoms with E-state index in [1.807, 2.05) is 6.07 Å². The fourth-order valence-corrected chi connectivity index (χ4v) is 3.10. The molecule has 1 aromatic rings. The zero-order valence-electron chi connectivity index (χ0n) is 10.9. The van der Waals surface area contributed by atoms with E-state index in [0.717, 1.165) is 18.1 Å². The summed E-state index contributed by atoms with van der Waals surface area (Å²) in [4.78, 5) is 18.6. The molecule has 0 aromatic carbocycles. The Morgan fingerprint density at radius 2 is 2.10 bits per heavy atom. The molecule has 0 radical (unpaired) electrons. The summed E-state index contributed by atoms with van der Waals surface area (Å²) in [6.45, 7) is 2.93. The Bertz CT molecular complexity index is 606. The molecule has 0 atom stereocenters. The van der Waals surface area contributed by atoms with E-state index in [0.29, 0.717) is 18.1 Å². The Balaban J connectivity index is 1.81. The van der Waals surface area contributed by atoms with Crippen LogP contribution in [0.5, 0.6) is 0 Å². The van der Waals surface area contributed by atoms with E-state index in [-0.39, 0.29) is 5.57 Å². The third kappa shape index (κ3) is 2.96. The average Bonchev–Trinajstić information content (AvgIpc) is 3.08. The van der Waals surface area contributed by atoms with Gasteiger partial charge in [-0.05, 0) is 18.2 Å². The first-order valence-corrected chi connectivity index (χ1v) is 7.19. The third-order valence-electron chi connectivity index (χ3n) is 3.15. The fourth-order valence-electron chi connectivity index (χ4n) is 2.10. The molecule has 21 heavy (non-hydrogen) atoms. The summed E-state index contributed by atoms with van der Waals surface area (Å²) in [5, 5.41) is 4.14. The minimum absolute atomic E-state index is 0.180. The van der Waals surface area contributed by atoms with Crippen LogP contribution in [0, 0.1) is 0 Å². The van der Waals surface area contributed by atoms with Gasteiger partial charge in [0.25, 0.3) is 6.43 Å². The van der Waals surface area contributed by atoms with Crippen molar-refractivity contribution >= 4 is 34.1 Å². The number of hydrogen-bond donors (Lipinski definition) is 0. The molecule has 0 N–H and O–H groups in total. The topological polar surface area (TPSA) is 51.1 Å². The van der Waals surface area contributed by atoms with Crippen molar-refractivity contribution in [3.8, 4) is 0 Å². The highest BCUT2D eigenvalue weighted by atomic mass is 32.1. The number of rotatable bonds is 3. The summed E-state index contributed by atoms with van der Waals surface area (Å²) in [6, 6.07) is 3.69. The molecule has 5 nitrogen and oxygen atoms in total. The highest BCUT2D eigenvalue weighted by molar-refractivity contribution is 7.17. The molecule has 0 bridgehead atoms. The van der Waals surface area contributed by atoms with Crippen LogP contribution in [0.15, 0.2) is 22.9 Å². The maximum absolute atomic E-state index is 12.7. The molecule has 0 amide bonds. The van der Waals surface area contributed by atoms with Gasteiger partial charge in [0.2, 0.25) is 0 Å². The van der Waals surface area contributed by atoms with Crippen molar-refractivity contribution < 1.29 is 23.1 Å². The molecule has 2 aliphatic heterocycles. The molecule has 8 heteroatoms. The molecule has 1 aromatic heterocycles. The summed E-state index contributed by atoms with van der Waals surface area (Å²) in [5.41, 5.74) is -0.790. The minimum atomic E-state index is -2.83. The highest BCUT2D eigenvalue weighted by Gasteiger charge is 2.32. The Morgan fingerprint density at radius 1 is 1.33 bits per heavy atom. The fraction of sp³-hybridized carbons (Fsp3) is 0.385. The van der Waals surface area contributed by atoms with E-state index in [9.17, 15) is 13.6 Å². The number of carbonyl (C=O) groups excluding carboxylic acids is 1. The number of halogens is 2.